The van der Waals surface area contributed by atoms with Crippen LogP contribution in [0, 0.1) is 6.92 Å². The van der Waals surface area contributed by atoms with Gasteiger partial charge in [0, 0.05) is 22.8 Å². The molecule has 0 atom stereocenters. The molecular formula is C11H11ClF3NO3S. The Hall–Kier alpha value is -1.28. The summed E-state index contributed by atoms with van der Waals surface area (Å²) in [5.74, 6) is -0.792. The molecule has 1 N–H and O–H groups in total. The predicted octanol–water partition coefficient (Wildman–Crippen LogP) is 2.60. The number of halogens is 4. The van der Waals surface area contributed by atoms with Crippen LogP contribution < -0.4 is 5.32 Å². The molecule has 0 aliphatic rings. The van der Waals surface area contributed by atoms with Crippen molar-refractivity contribution in [3.63, 3.8) is 0 Å². The van der Waals surface area contributed by atoms with Crippen LogP contribution in [0.3, 0.4) is 0 Å². The normalized spacial score (nSPS) is 12.2. The molecule has 1 amide bonds. The maximum absolute atomic E-state index is 11.9. The number of alkyl halides is 3. The minimum Gasteiger partial charge on any atom is -0.352 e. The summed E-state index contributed by atoms with van der Waals surface area (Å²) < 4.78 is 58.2. The summed E-state index contributed by atoms with van der Waals surface area (Å²) in [5, 5.41) is 2.06. The molecule has 0 saturated heterocycles. The Labute approximate surface area is 118 Å². The zero-order valence-corrected chi connectivity index (χ0v) is 11.9. The number of carbonyl (C=O) groups is 1. The fraction of sp³-hybridized carbons (Fsp3) is 0.364. The van der Waals surface area contributed by atoms with Crippen LogP contribution in [0.15, 0.2) is 23.1 Å². The Morgan fingerprint density at radius 1 is 1.30 bits per heavy atom. The highest BCUT2D eigenvalue weighted by atomic mass is 35.7. The number of rotatable bonds is 4. The number of hydrogen-bond donors (Lipinski definition) is 1. The molecule has 0 spiro atoms. The van der Waals surface area contributed by atoms with Crippen LogP contribution in [0.25, 0.3) is 0 Å². The highest BCUT2D eigenvalue weighted by Crippen LogP contribution is 2.20. The first kappa shape index (κ1) is 16.8. The lowest BCUT2D eigenvalue weighted by Gasteiger charge is -2.09. The second-order valence-electron chi connectivity index (χ2n) is 4.09. The van der Waals surface area contributed by atoms with E-state index in [0.29, 0.717) is 5.56 Å². The highest BCUT2D eigenvalue weighted by molar-refractivity contribution is 8.13. The van der Waals surface area contributed by atoms with E-state index in [4.69, 9.17) is 10.7 Å². The summed E-state index contributed by atoms with van der Waals surface area (Å²) in [6.07, 6.45) is -5.53. The number of hydrogen-bond acceptors (Lipinski definition) is 3. The predicted molar refractivity (Wildman–Crippen MR) is 67.2 cm³/mol. The van der Waals surface area contributed by atoms with E-state index in [1.807, 2.05) is 0 Å². The van der Waals surface area contributed by atoms with Crippen LogP contribution in [0.2, 0.25) is 0 Å². The first-order valence-corrected chi connectivity index (χ1v) is 7.71. The molecule has 0 fully saturated rings. The largest absolute Gasteiger partial charge is 0.390 e. The molecule has 0 radical (unpaired) electrons. The van der Waals surface area contributed by atoms with Gasteiger partial charge in [-0.2, -0.15) is 13.2 Å². The second kappa shape index (κ2) is 6.01. The molecule has 0 unspecified atom stereocenters. The lowest BCUT2D eigenvalue weighted by atomic mass is 10.1. The van der Waals surface area contributed by atoms with Gasteiger partial charge < -0.3 is 5.32 Å². The van der Waals surface area contributed by atoms with E-state index in [2.05, 4.69) is 5.32 Å². The molecule has 0 aliphatic heterocycles. The van der Waals surface area contributed by atoms with Gasteiger partial charge in [-0.05, 0) is 30.7 Å². The number of aryl methyl sites for hydroxylation is 1. The van der Waals surface area contributed by atoms with E-state index >= 15 is 0 Å². The van der Waals surface area contributed by atoms with Crippen molar-refractivity contribution < 1.29 is 26.4 Å². The number of nitrogens with one attached hydrogen (secondary N) is 1. The molecule has 0 heterocycles. The summed E-state index contributed by atoms with van der Waals surface area (Å²) in [6.45, 7) is 0.956. The van der Waals surface area contributed by atoms with Crippen LogP contribution in [0.4, 0.5) is 13.2 Å². The second-order valence-corrected chi connectivity index (χ2v) is 6.66. The summed E-state index contributed by atoms with van der Waals surface area (Å²) in [4.78, 5) is 11.4. The third kappa shape index (κ3) is 5.38. The number of amides is 1. The molecule has 1 aromatic rings. The van der Waals surface area contributed by atoms with Crippen molar-refractivity contribution >= 4 is 25.6 Å². The fourth-order valence-corrected chi connectivity index (χ4v) is 2.30. The number of carbonyl (C=O) groups excluding carboxylic acids is 1. The van der Waals surface area contributed by atoms with Gasteiger partial charge in [0.1, 0.15) is 0 Å². The van der Waals surface area contributed by atoms with E-state index in [0.717, 1.165) is 6.07 Å². The zero-order valence-electron chi connectivity index (χ0n) is 10.3. The molecule has 0 saturated carbocycles. The first-order valence-electron chi connectivity index (χ1n) is 5.40. The van der Waals surface area contributed by atoms with Gasteiger partial charge in [0.25, 0.3) is 15.0 Å². The lowest BCUT2D eigenvalue weighted by molar-refractivity contribution is -0.132. The monoisotopic (exact) mass is 329 g/mol. The van der Waals surface area contributed by atoms with Gasteiger partial charge in [0.05, 0.1) is 11.3 Å². The van der Waals surface area contributed by atoms with Crippen molar-refractivity contribution in [2.75, 3.05) is 6.54 Å². The Bertz CT molecular complexity index is 614. The molecule has 20 heavy (non-hydrogen) atoms. The third-order valence-corrected chi connectivity index (χ3v) is 3.62. The van der Waals surface area contributed by atoms with Gasteiger partial charge in [-0.3, -0.25) is 4.79 Å². The van der Waals surface area contributed by atoms with Crippen molar-refractivity contribution in [2.24, 2.45) is 0 Å². The van der Waals surface area contributed by atoms with Gasteiger partial charge in [0.2, 0.25) is 0 Å². The van der Waals surface area contributed by atoms with Crippen molar-refractivity contribution in [3.8, 4) is 0 Å². The van der Waals surface area contributed by atoms with Gasteiger partial charge >= 0.3 is 6.18 Å². The summed E-state index contributed by atoms with van der Waals surface area (Å²) >= 11 is 0. The minimum absolute atomic E-state index is 0.0635. The fourth-order valence-electron chi connectivity index (χ4n) is 1.44. The van der Waals surface area contributed by atoms with E-state index in [-0.39, 0.29) is 10.5 Å². The topological polar surface area (TPSA) is 63.2 Å². The average Bonchev–Trinajstić information content (AvgIpc) is 2.25. The van der Waals surface area contributed by atoms with E-state index < -0.39 is 34.1 Å². The molecule has 4 nitrogen and oxygen atoms in total. The van der Waals surface area contributed by atoms with Gasteiger partial charge in [-0.1, -0.05) is 0 Å². The molecule has 0 aromatic heterocycles. The van der Waals surface area contributed by atoms with Crippen LogP contribution in [-0.4, -0.2) is 27.0 Å². The molecule has 0 aliphatic carbocycles. The molecule has 1 aromatic carbocycles. The molecule has 0 bridgehead atoms. The van der Waals surface area contributed by atoms with Gasteiger partial charge in [0.15, 0.2) is 0 Å². The molecule has 1 rings (SSSR count). The molecule has 9 heteroatoms. The van der Waals surface area contributed by atoms with Crippen LogP contribution in [0.5, 0.6) is 0 Å². The van der Waals surface area contributed by atoms with Gasteiger partial charge in [-0.15, -0.1) is 0 Å². The van der Waals surface area contributed by atoms with E-state index in [1.54, 1.807) is 0 Å². The number of benzene rings is 1. The standard InChI is InChI=1S/C11H11ClF3NO3S/c1-7-4-8(6-9(5-7)20(12,18)19)10(17)16-3-2-11(13,14)15/h4-6H,2-3H2,1H3,(H,16,17). The van der Waals surface area contributed by atoms with Crippen molar-refractivity contribution in [1.29, 1.82) is 0 Å². The first-order chi connectivity index (χ1) is 8.99. The van der Waals surface area contributed by atoms with E-state index in [1.165, 1.54) is 19.1 Å². The lowest BCUT2D eigenvalue weighted by Crippen LogP contribution is -2.28. The Balaban J connectivity index is 2.86. The average molecular weight is 330 g/mol. The summed E-state index contributed by atoms with van der Waals surface area (Å²) in [5.41, 5.74) is 0.388. The van der Waals surface area contributed by atoms with Crippen LogP contribution in [-0.2, 0) is 9.05 Å². The summed E-state index contributed by atoms with van der Waals surface area (Å²) in [6, 6.07) is 3.63. The van der Waals surface area contributed by atoms with Crippen LogP contribution in [0.1, 0.15) is 22.3 Å². The van der Waals surface area contributed by atoms with E-state index in [9.17, 15) is 26.4 Å². The van der Waals surface area contributed by atoms with Crippen molar-refractivity contribution in [2.45, 2.75) is 24.4 Å². The Kier molecular flexibility index (Phi) is 5.04. The maximum Gasteiger partial charge on any atom is 0.390 e. The quantitative estimate of drug-likeness (QED) is 0.864. The Morgan fingerprint density at radius 3 is 2.40 bits per heavy atom. The highest BCUT2D eigenvalue weighted by Gasteiger charge is 2.26. The molecular weight excluding hydrogens is 319 g/mol. The minimum atomic E-state index is -4.37. The third-order valence-electron chi connectivity index (χ3n) is 2.29. The maximum atomic E-state index is 11.9. The smallest absolute Gasteiger partial charge is 0.352 e. The zero-order chi connectivity index (χ0) is 15.6. The van der Waals surface area contributed by atoms with Gasteiger partial charge in [-0.25, -0.2) is 8.42 Å². The van der Waals surface area contributed by atoms with Crippen LogP contribution >= 0.6 is 10.7 Å². The summed E-state index contributed by atoms with van der Waals surface area (Å²) in [7, 11) is 1.15. The Morgan fingerprint density at radius 2 is 1.90 bits per heavy atom. The molecule has 112 valence electrons. The van der Waals surface area contributed by atoms with Crippen molar-refractivity contribution in [1.82, 2.24) is 5.32 Å². The van der Waals surface area contributed by atoms with Crippen molar-refractivity contribution in [3.05, 3.63) is 29.3 Å². The SMILES string of the molecule is Cc1cc(C(=O)NCCC(F)(F)F)cc(S(=O)(=O)Cl)c1.